The quantitative estimate of drug-likeness (QED) is 0.769. The topological polar surface area (TPSA) is 58.6 Å². The molecule has 0 aromatic heterocycles. The molecular formula is C16H25NO3. The molecule has 0 heterocycles. The summed E-state index contributed by atoms with van der Waals surface area (Å²) in [7, 11) is 0. The molecule has 0 aliphatic rings. The molecule has 112 valence electrons. The minimum Gasteiger partial charge on any atom is -0.493 e. The van der Waals surface area contributed by atoms with Crippen molar-refractivity contribution in [2.75, 3.05) is 13.2 Å². The molecule has 1 rings (SSSR count). The Kier molecular flexibility index (Phi) is 7.09. The van der Waals surface area contributed by atoms with Crippen LogP contribution in [0.25, 0.3) is 0 Å². The average molecular weight is 279 g/mol. The fraction of sp³-hybridized carbons (Fsp3) is 0.562. The van der Waals surface area contributed by atoms with Gasteiger partial charge < -0.3 is 15.2 Å². The molecule has 4 nitrogen and oxygen atoms in total. The lowest BCUT2D eigenvalue weighted by Gasteiger charge is -2.13. The maximum absolute atomic E-state index is 12.0. The van der Waals surface area contributed by atoms with Crippen molar-refractivity contribution in [3.8, 4) is 5.75 Å². The van der Waals surface area contributed by atoms with Crippen LogP contribution in [0.4, 0.5) is 0 Å². The molecule has 1 atom stereocenters. The van der Waals surface area contributed by atoms with Crippen molar-refractivity contribution in [1.29, 1.82) is 0 Å². The number of ether oxygens (including phenoxy) is 1. The van der Waals surface area contributed by atoms with Crippen molar-refractivity contribution in [2.24, 2.45) is 5.92 Å². The highest BCUT2D eigenvalue weighted by Crippen LogP contribution is 2.13. The normalized spacial score (nSPS) is 12.2. The van der Waals surface area contributed by atoms with Crippen LogP contribution in [0.5, 0.6) is 5.75 Å². The molecule has 1 aromatic rings. The zero-order chi connectivity index (χ0) is 15.0. The van der Waals surface area contributed by atoms with Gasteiger partial charge in [-0.1, -0.05) is 13.8 Å². The summed E-state index contributed by atoms with van der Waals surface area (Å²) >= 11 is 0. The van der Waals surface area contributed by atoms with E-state index in [1.165, 1.54) is 0 Å². The second-order valence-corrected chi connectivity index (χ2v) is 5.47. The second-order valence-electron chi connectivity index (χ2n) is 5.47. The lowest BCUT2D eigenvalue weighted by atomic mass is 10.1. The number of aliphatic hydroxyl groups excluding tert-OH is 1. The van der Waals surface area contributed by atoms with Gasteiger partial charge in [-0.25, -0.2) is 0 Å². The Morgan fingerprint density at radius 3 is 2.45 bits per heavy atom. The lowest BCUT2D eigenvalue weighted by Crippen LogP contribution is -2.32. The van der Waals surface area contributed by atoms with E-state index >= 15 is 0 Å². The molecular weight excluding hydrogens is 254 g/mol. The van der Waals surface area contributed by atoms with Gasteiger partial charge in [0.15, 0.2) is 0 Å². The van der Waals surface area contributed by atoms with E-state index in [9.17, 15) is 4.79 Å². The molecule has 0 saturated carbocycles. The van der Waals surface area contributed by atoms with Crippen molar-refractivity contribution in [3.63, 3.8) is 0 Å². The molecule has 1 aromatic carbocycles. The zero-order valence-electron chi connectivity index (χ0n) is 12.6. The smallest absolute Gasteiger partial charge is 0.251 e. The Balaban J connectivity index is 2.48. The highest BCUT2D eigenvalue weighted by Gasteiger charge is 2.09. The summed E-state index contributed by atoms with van der Waals surface area (Å²) in [5.41, 5.74) is 0.623. The third kappa shape index (κ3) is 6.06. The maximum Gasteiger partial charge on any atom is 0.251 e. The summed E-state index contributed by atoms with van der Waals surface area (Å²) in [5, 5.41) is 11.7. The highest BCUT2D eigenvalue weighted by atomic mass is 16.5. The van der Waals surface area contributed by atoms with Crippen LogP contribution in [0, 0.1) is 5.92 Å². The number of aliphatic hydroxyl groups is 1. The van der Waals surface area contributed by atoms with E-state index in [2.05, 4.69) is 19.2 Å². The Morgan fingerprint density at radius 2 is 1.90 bits per heavy atom. The van der Waals surface area contributed by atoms with Crippen LogP contribution in [-0.2, 0) is 0 Å². The Hall–Kier alpha value is -1.55. The van der Waals surface area contributed by atoms with Gasteiger partial charge in [-0.3, -0.25) is 4.79 Å². The zero-order valence-corrected chi connectivity index (χ0v) is 12.6. The van der Waals surface area contributed by atoms with Crippen LogP contribution in [0.3, 0.4) is 0 Å². The minimum atomic E-state index is -0.0918. The fourth-order valence-electron chi connectivity index (χ4n) is 1.74. The average Bonchev–Trinajstić information content (AvgIpc) is 2.43. The van der Waals surface area contributed by atoms with Crippen LogP contribution in [0.2, 0.25) is 0 Å². The predicted molar refractivity (Wildman–Crippen MR) is 80.0 cm³/mol. The van der Waals surface area contributed by atoms with Crippen LogP contribution in [0.1, 0.15) is 44.0 Å². The summed E-state index contributed by atoms with van der Waals surface area (Å²) in [5.74, 6) is 1.17. The number of benzene rings is 1. The van der Waals surface area contributed by atoms with Gasteiger partial charge in [-0.15, -0.1) is 0 Å². The second kappa shape index (κ2) is 8.59. The molecule has 1 unspecified atom stereocenters. The number of hydrogen-bond acceptors (Lipinski definition) is 3. The molecule has 0 spiro atoms. The van der Waals surface area contributed by atoms with Crippen molar-refractivity contribution in [2.45, 2.75) is 39.7 Å². The molecule has 0 aliphatic heterocycles. The molecule has 1 amide bonds. The van der Waals surface area contributed by atoms with Gasteiger partial charge in [0.25, 0.3) is 5.91 Å². The monoisotopic (exact) mass is 279 g/mol. The third-order valence-corrected chi connectivity index (χ3v) is 2.87. The number of carbonyl (C=O) groups excluding carboxylic acids is 1. The summed E-state index contributed by atoms with van der Waals surface area (Å²) in [6.45, 7) is 6.95. The number of hydrogen-bond donors (Lipinski definition) is 2. The Labute approximate surface area is 121 Å². The Bertz CT molecular complexity index is 401. The number of nitrogens with one attached hydrogen (secondary N) is 1. The molecule has 2 N–H and O–H groups in total. The number of rotatable bonds is 8. The molecule has 0 saturated heterocycles. The summed E-state index contributed by atoms with van der Waals surface area (Å²) in [6, 6.07) is 7.23. The molecule has 0 bridgehead atoms. The SMILES string of the molecule is CC(C)COc1ccc(C(=O)NC(C)CCCO)cc1. The van der Waals surface area contributed by atoms with E-state index < -0.39 is 0 Å². The van der Waals surface area contributed by atoms with E-state index in [1.807, 2.05) is 19.1 Å². The lowest BCUT2D eigenvalue weighted by molar-refractivity contribution is 0.0936. The molecule has 4 heteroatoms. The van der Waals surface area contributed by atoms with Gasteiger partial charge in [0.1, 0.15) is 5.75 Å². The molecule has 0 fully saturated rings. The van der Waals surface area contributed by atoms with E-state index in [4.69, 9.17) is 9.84 Å². The third-order valence-electron chi connectivity index (χ3n) is 2.87. The first-order valence-corrected chi connectivity index (χ1v) is 7.17. The van der Waals surface area contributed by atoms with Crippen LogP contribution < -0.4 is 10.1 Å². The summed E-state index contributed by atoms with van der Waals surface area (Å²) in [6.07, 6.45) is 1.47. The van der Waals surface area contributed by atoms with Crippen LogP contribution in [-0.4, -0.2) is 30.3 Å². The van der Waals surface area contributed by atoms with Crippen LogP contribution in [0.15, 0.2) is 24.3 Å². The fourth-order valence-corrected chi connectivity index (χ4v) is 1.74. The predicted octanol–water partition coefficient (Wildman–Crippen LogP) is 2.61. The van der Waals surface area contributed by atoms with Gasteiger partial charge in [-0.05, 0) is 49.9 Å². The molecule has 0 radical (unpaired) electrons. The van der Waals surface area contributed by atoms with Crippen LogP contribution >= 0.6 is 0 Å². The standard InChI is InChI=1S/C16H25NO3/c1-12(2)11-20-15-8-6-14(7-9-15)16(19)17-13(3)5-4-10-18/h6-9,12-13,18H,4-5,10-11H2,1-3H3,(H,17,19). The number of carbonyl (C=O) groups is 1. The maximum atomic E-state index is 12.0. The largest absolute Gasteiger partial charge is 0.493 e. The van der Waals surface area contributed by atoms with Crippen molar-refractivity contribution in [1.82, 2.24) is 5.32 Å². The van der Waals surface area contributed by atoms with Gasteiger partial charge >= 0.3 is 0 Å². The van der Waals surface area contributed by atoms with Crippen molar-refractivity contribution in [3.05, 3.63) is 29.8 Å². The van der Waals surface area contributed by atoms with E-state index in [1.54, 1.807) is 12.1 Å². The van der Waals surface area contributed by atoms with Gasteiger partial charge in [0, 0.05) is 18.2 Å². The van der Waals surface area contributed by atoms with Crippen molar-refractivity contribution < 1.29 is 14.6 Å². The minimum absolute atomic E-state index is 0.0616. The van der Waals surface area contributed by atoms with Gasteiger partial charge in [0.2, 0.25) is 0 Å². The van der Waals surface area contributed by atoms with E-state index in [-0.39, 0.29) is 18.6 Å². The summed E-state index contributed by atoms with van der Waals surface area (Å²) < 4.78 is 5.58. The van der Waals surface area contributed by atoms with Crippen molar-refractivity contribution >= 4 is 5.91 Å². The first-order valence-electron chi connectivity index (χ1n) is 7.17. The van der Waals surface area contributed by atoms with Gasteiger partial charge in [0.05, 0.1) is 6.61 Å². The highest BCUT2D eigenvalue weighted by molar-refractivity contribution is 5.94. The first kappa shape index (κ1) is 16.5. The Morgan fingerprint density at radius 1 is 1.25 bits per heavy atom. The summed E-state index contributed by atoms with van der Waals surface area (Å²) in [4.78, 5) is 12.0. The number of amides is 1. The first-order chi connectivity index (χ1) is 9.52. The molecule has 20 heavy (non-hydrogen) atoms. The van der Waals surface area contributed by atoms with E-state index in [0.717, 1.165) is 12.2 Å². The molecule has 0 aliphatic carbocycles. The van der Waals surface area contributed by atoms with E-state index in [0.29, 0.717) is 24.5 Å². The van der Waals surface area contributed by atoms with Gasteiger partial charge in [-0.2, -0.15) is 0 Å².